The van der Waals surface area contributed by atoms with Crippen molar-refractivity contribution in [2.45, 2.75) is 12.5 Å². The molecule has 1 saturated heterocycles. The Kier molecular flexibility index (Phi) is 5.41. The number of pyridine rings is 1. The van der Waals surface area contributed by atoms with E-state index in [2.05, 4.69) is 15.6 Å². The van der Waals surface area contributed by atoms with E-state index >= 15 is 0 Å². The van der Waals surface area contributed by atoms with Crippen LogP contribution in [0, 0.1) is 0 Å². The van der Waals surface area contributed by atoms with Crippen LogP contribution in [0.5, 0.6) is 0 Å². The smallest absolute Gasteiger partial charge is 0.337 e. The van der Waals surface area contributed by atoms with Crippen LogP contribution in [-0.4, -0.2) is 49.9 Å². The molecule has 2 heterocycles. The Labute approximate surface area is 156 Å². The summed E-state index contributed by atoms with van der Waals surface area (Å²) in [6, 6.07) is 9.44. The van der Waals surface area contributed by atoms with Gasteiger partial charge in [0.1, 0.15) is 5.82 Å². The van der Waals surface area contributed by atoms with Crippen molar-refractivity contribution in [3.8, 4) is 0 Å². The molecule has 2 N–H and O–H groups in total. The van der Waals surface area contributed by atoms with Gasteiger partial charge in [-0.2, -0.15) is 0 Å². The summed E-state index contributed by atoms with van der Waals surface area (Å²) < 4.78 is 27.7. The van der Waals surface area contributed by atoms with Gasteiger partial charge < -0.3 is 15.4 Å². The van der Waals surface area contributed by atoms with E-state index in [1.165, 1.54) is 13.3 Å². The summed E-state index contributed by atoms with van der Waals surface area (Å²) >= 11 is 0. The van der Waals surface area contributed by atoms with E-state index in [-0.39, 0.29) is 23.5 Å². The van der Waals surface area contributed by atoms with Gasteiger partial charge >= 0.3 is 5.97 Å². The van der Waals surface area contributed by atoms with Gasteiger partial charge in [0.25, 0.3) is 5.91 Å². The molecule has 27 heavy (non-hydrogen) atoms. The number of hydrogen-bond donors (Lipinski definition) is 2. The van der Waals surface area contributed by atoms with Crippen LogP contribution in [0.2, 0.25) is 0 Å². The highest BCUT2D eigenvalue weighted by Crippen LogP contribution is 2.18. The van der Waals surface area contributed by atoms with Gasteiger partial charge in [0.05, 0.1) is 24.2 Å². The van der Waals surface area contributed by atoms with E-state index in [1.54, 1.807) is 36.4 Å². The van der Waals surface area contributed by atoms with Crippen molar-refractivity contribution in [2.24, 2.45) is 0 Å². The number of ether oxygens (including phenoxy) is 1. The van der Waals surface area contributed by atoms with Gasteiger partial charge in [-0.1, -0.05) is 6.07 Å². The monoisotopic (exact) mass is 389 g/mol. The maximum Gasteiger partial charge on any atom is 0.337 e. The Morgan fingerprint density at radius 1 is 1.19 bits per heavy atom. The Bertz CT molecular complexity index is 974. The minimum Gasteiger partial charge on any atom is -0.465 e. The van der Waals surface area contributed by atoms with Crippen LogP contribution >= 0.6 is 0 Å². The molecule has 1 fully saturated rings. The molecule has 1 unspecified atom stereocenters. The number of carbonyl (C=O) groups is 2. The van der Waals surface area contributed by atoms with Crippen LogP contribution in [0.3, 0.4) is 0 Å². The number of anilines is 2. The molecule has 1 amide bonds. The molecule has 0 spiro atoms. The molecule has 9 heteroatoms. The topological polar surface area (TPSA) is 114 Å². The molecule has 1 aliphatic heterocycles. The number of methoxy groups -OCH3 is 1. The zero-order valence-corrected chi connectivity index (χ0v) is 15.5. The maximum absolute atomic E-state index is 12.4. The summed E-state index contributed by atoms with van der Waals surface area (Å²) in [6.07, 6.45) is 1.90. The summed E-state index contributed by atoms with van der Waals surface area (Å²) in [7, 11) is -1.76. The van der Waals surface area contributed by atoms with E-state index in [0.717, 1.165) is 0 Å². The molecule has 0 aliphatic carbocycles. The molecule has 1 aromatic heterocycles. The van der Waals surface area contributed by atoms with Crippen LogP contribution in [0.1, 0.15) is 27.1 Å². The normalized spacial score (nSPS) is 17.9. The average Bonchev–Trinajstić information content (AvgIpc) is 2.99. The first-order valence-electron chi connectivity index (χ1n) is 8.29. The van der Waals surface area contributed by atoms with Crippen molar-refractivity contribution < 1.29 is 22.7 Å². The number of hydrogen-bond acceptors (Lipinski definition) is 7. The lowest BCUT2D eigenvalue weighted by Crippen LogP contribution is -2.35. The number of esters is 1. The predicted octanol–water partition coefficient (Wildman–Crippen LogP) is 1.53. The predicted molar refractivity (Wildman–Crippen MR) is 99.8 cm³/mol. The van der Waals surface area contributed by atoms with Crippen LogP contribution in [-0.2, 0) is 14.6 Å². The molecule has 1 aliphatic rings. The fraction of sp³-hybridized carbons (Fsp3) is 0.278. The first-order valence-corrected chi connectivity index (χ1v) is 10.1. The summed E-state index contributed by atoms with van der Waals surface area (Å²) in [6.45, 7) is 0. The number of aromatic nitrogens is 1. The molecule has 8 nitrogen and oxygen atoms in total. The Balaban J connectivity index is 1.70. The zero-order valence-electron chi connectivity index (χ0n) is 14.6. The third-order valence-electron chi connectivity index (χ3n) is 4.15. The van der Waals surface area contributed by atoms with Gasteiger partial charge in [-0.25, -0.2) is 18.2 Å². The number of carbonyl (C=O) groups excluding carboxylic acids is 2. The van der Waals surface area contributed by atoms with Crippen molar-refractivity contribution in [3.63, 3.8) is 0 Å². The molecule has 1 atom stereocenters. The molecule has 0 saturated carbocycles. The fourth-order valence-electron chi connectivity index (χ4n) is 2.81. The average molecular weight is 389 g/mol. The van der Waals surface area contributed by atoms with Crippen LogP contribution in [0.4, 0.5) is 11.5 Å². The molecule has 0 radical (unpaired) electrons. The highest BCUT2D eigenvalue weighted by Gasteiger charge is 2.29. The third-order valence-corrected chi connectivity index (χ3v) is 5.91. The van der Waals surface area contributed by atoms with Crippen molar-refractivity contribution in [3.05, 3.63) is 53.7 Å². The SMILES string of the molecule is COC(=O)c1cccc(Nc2cc(C(=O)NC3CCS(=O)(=O)C3)ccn2)c1. The molecule has 2 aromatic rings. The zero-order chi connectivity index (χ0) is 19.4. The van der Waals surface area contributed by atoms with Crippen molar-refractivity contribution in [1.29, 1.82) is 0 Å². The second-order valence-electron chi connectivity index (χ2n) is 6.20. The second-order valence-corrected chi connectivity index (χ2v) is 8.43. The summed E-state index contributed by atoms with van der Waals surface area (Å²) in [5.41, 5.74) is 1.37. The van der Waals surface area contributed by atoms with E-state index in [9.17, 15) is 18.0 Å². The van der Waals surface area contributed by atoms with Crippen molar-refractivity contribution in [2.75, 3.05) is 23.9 Å². The van der Waals surface area contributed by atoms with Crippen LogP contribution in [0.15, 0.2) is 42.6 Å². The number of amides is 1. The Morgan fingerprint density at radius 2 is 2.00 bits per heavy atom. The van der Waals surface area contributed by atoms with Gasteiger partial charge in [0, 0.05) is 23.5 Å². The van der Waals surface area contributed by atoms with E-state index < -0.39 is 15.8 Å². The molecule has 1 aromatic carbocycles. The minimum absolute atomic E-state index is 0.0325. The maximum atomic E-state index is 12.4. The summed E-state index contributed by atoms with van der Waals surface area (Å²) in [5, 5.41) is 5.77. The Hall–Kier alpha value is -2.94. The molecule has 0 bridgehead atoms. The largest absolute Gasteiger partial charge is 0.465 e. The van der Waals surface area contributed by atoms with Gasteiger partial charge in [0.2, 0.25) is 0 Å². The van der Waals surface area contributed by atoms with Crippen molar-refractivity contribution >= 4 is 33.2 Å². The minimum atomic E-state index is -3.06. The third kappa shape index (κ3) is 4.82. The van der Waals surface area contributed by atoms with E-state index in [4.69, 9.17) is 4.74 Å². The first kappa shape index (κ1) is 18.8. The highest BCUT2D eigenvalue weighted by molar-refractivity contribution is 7.91. The number of nitrogens with zero attached hydrogens (tertiary/aromatic N) is 1. The number of sulfone groups is 1. The van der Waals surface area contributed by atoms with E-state index in [1.807, 2.05) is 0 Å². The number of nitrogens with one attached hydrogen (secondary N) is 2. The van der Waals surface area contributed by atoms with Gasteiger partial charge in [-0.3, -0.25) is 4.79 Å². The van der Waals surface area contributed by atoms with Gasteiger partial charge in [0.15, 0.2) is 9.84 Å². The molecule has 142 valence electrons. The first-order chi connectivity index (χ1) is 12.9. The second kappa shape index (κ2) is 7.75. The van der Waals surface area contributed by atoms with Gasteiger partial charge in [-0.05, 0) is 36.8 Å². The lowest BCUT2D eigenvalue weighted by atomic mass is 10.2. The molecular formula is C18H19N3O5S. The van der Waals surface area contributed by atoms with E-state index in [0.29, 0.717) is 29.1 Å². The summed E-state index contributed by atoms with van der Waals surface area (Å²) in [4.78, 5) is 28.2. The molecule has 3 rings (SSSR count). The molecular weight excluding hydrogens is 370 g/mol. The fourth-order valence-corrected chi connectivity index (χ4v) is 4.48. The number of benzene rings is 1. The van der Waals surface area contributed by atoms with Crippen molar-refractivity contribution in [1.82, 2.24) is 10.3 Å². The van der Waals surface area contributed by atoms with Crippen LogP contribution < -0.4 is 10.6 Å². The van der Waals surface area contributed by atoms with Crippen LogP contribution in [0.25, 0.3) is 0 Å². The highest BCUT2D eigenvalue weighted by atomic mass is 32.2. The lowest BCUT2D eigenvalue weighted by Gasteiger charge is -2.12. The van der Waals surface area contributed by atoms with Gasteiger partial charge in [-0.15, -0.1) is 0 Å². The lowest BCUT2D eigenvalue weighted by molar-refractivity contribution is 0.0600. The standard InChI is InChI=1S/C18H19N3O5S/c1-26-18(23)13-3-2-4-14(9-13)20-16-10-12(5-7-19-16)17(22)21-15-6-8-27(24,25)11-15/h2-5,7,9-10,15H,6,8,11H2,1H3,(H,19,20)(H,21,22). The quantitative estimate of drug-likeness (QED) is 0.745. The number of rotatable bonds is 5. The Morgan fingerprint density at radius 3 is 2.70 bits per heavy atom. The summed E-state index contributed by atoms with van der Waals surface area (Å²) in [5.74, 6) is -0.326.